The van der Waals surface area contributed by atoms with Crippen LogP contribution in [0.5, 0.6) is 0 Å². The molecule has 3 nitrogen and oxygen atoms in total. The summed E-state index contributed by atoms with van der Waals surface area (Å²) < 4.78 is 4.49. The van der Waals surface area contributed by atoms with E-state index < -0.39 is 0 Å². The van der Waals surface area contributed by atoms with E-state index >= 15 is 0 Å². The van der Waals surface area contributed by atoms with E-state index in [1.807, 2.05) is 13.8 Å². The van der Waals surface area contributed by atoms with Gasteiger partial charge in [-0.25, -0.2) is 4.79 Å². The molecule has 0 aliphatic carbocycles. The molecule has 3 heteroatoms. The lowest BCUT2D eigenvalue weighted by Crippen LogP contribution is -2.54. The van der Waals surface area contributed by atoms with E-state index in [2.05, 4.69) is 10.5 Å². The summed E-state index contributed by atoms with van der Waals surface area (Å²) in [7, 11) is 0. The Kier molecular flexibility index (Phi) is 13.0. The van der Waals surface area contributed by atoms with Crippen LogP contribution in [0.2, 0.25) is 0 Å². The Hall–Kier alpha value is -0.570. The molecule has 0 aromatic rings. The number of carbonyl (C=O) groups is 1. The molecule has 0 unspecified atom stereocenters. The van der Waals surface area contributed by atoms with Crippen LogP contribution in [0.1, 0.15) is 20.8 Å². The van der Waals surface area contributed by atoms with Gasteiger partial charge in [0.05, 0.1) is 6.61 Å². The molecular formula is C6H16NO2+. The highest BCUT2D eigenvalue weighted by Crippen LogP contribution is 1.68. The first-order valence-corrected chi connectivity index (χ1v) is 3.26. The lowest BCUT2D eigenvalue weighted by molar-refractivity contribution is -0.359. The molecule has 0 bridgehead atoms. The zero-order valence-corrected chi connectivity index (χ0v) is 6.44. The maximum atomic E-state index is 10.1. The van der Waals surface area contributed by atoms with Gasteiger partial charge in [0, 0.05) is 0 Å². The summed E-state index contributed by atoms with van der Waals surface area (Å²) in [4.78, 5) is 10.1. The Balaban J connectivity index is 0. The van der Waals surface area contributed by atoms with Gasteiger partial charge < -0.3 is 10.5 Å². The van der Waals surface area contributed by atoms with Crippen molar-refractivity contribution >= 4 is 5.97 Å². The Bertz CT molecular complexity index is 64.1. The van der Waals surface area contributed by atoms with Crippen molar-refractivity contribution in [3.63, 3.8) is 0 Å². The number of ether oxygens (including phenoxy) is 1. The molecule has 0 fully saturated rings. The van der Waals surface area contributed by atoms with E-state index in [4.69, 9.17) is 0 Å². The smallest absolute Gasteiger partial charge is 0.361 e. The highest BCUT2D eigenvalue weighted by Gasteiger charge is 1.94. The third kappa shape index (κ3) is 11.2. The van der Waals surface area contributed by atoms with Crippen molar-refractivity contribution in [3.05, 3.63) is 0 Å². The molecule has 0 aliphatic heterocycles. The quantitative estimate of drug-likeness (QED) is 0.532. The predicted octanol–water partition coefficient (Wildman–Crippen LogP) is -0.182. The minimum absolute atomic E-state index is 0.230. The zero-order chi connectivity index (χ0) is 7.70. The molecule has 0 saturated carbocycles. The topological polar surface area (TPSA) is 53.9 Å². The molecule has 0 saturated heterocycles. The molecular weight excluding hydrogens is 118 g/mol. The summed E-state index contributed by atoms with van der Waals surface area (Å²) in [5, 5.41) is 0. The normalized spacial score (nSPS) is 7.11. The summed E-state index contributed by atoms with van der Waals surface area (Å²) in [6.45, 7) is 6.45. The van der Waals surface area contributed by atoms with Gasteiger partial charge in [0.25, 0.3) is 0 Å². The van der Waals surface area contributed by atoms with Gasteiger partial charge in [-0.3, -0.25) is 0 Å². The van der Waals surface area contributed by atoms with Crippen molar-refractivity contribution in [3.8, 4) is 0 Å². The lowest BCUT2D eigenvalue weighted by atomic mass is 10.7. The fraction of sp³-hybridized carbons (Fsp3) is 0.833. The monoisotopic (exact) mass is 134 g/mol. The standard InChI is InChI=1S/C4H9NO2.C2H6/c1-2-7-4(6)3-5;1-2/h2-3,5H2,1H3;1-2H3/p+1. The van der Waals surface area contributed by atoms with Crippen LogP contribution in [0.25, 0.3) is 0 Å². The van der Waals surface area contributed by atoms with Crippen LogP contribution < -0.4 is 5.73 Å². The molecule has 0 aliphatic rings. The predicted molar refractivity (Wildman–Crippen MR) is 35.7 cm³/mol. The Morgan fingerprint density at radius 3 is 2.11 bits per heavy atom. The van der Waals surface area contributed by atoms with Crippen LogP contribution in [0, 0.1) is 0 Å². The number of hydrogen-bond acceptors (Lipinski definition) is 2. The Morgan fingerprint density at radius 1 is 1.56 bits per heavy atom. The van der Waals surface area contributed by atoms with Crippen LogP contribution in [-0.2, 0) is 9.53 Å². The molecule has 0 aromatic heterocycles. The van der Waals surface area contributed by atoms with Crippen LogP contribution in [-0.4, -0.2) is 19.1 Å². The van der Waals surface area contributed by atoms with Crippen LogP contribution in [0.4, 0.5) is 0 Å². The summed E-state index contributed by atoms with van der Waals surface area (Å²) in [6.07, 6.45) is 0. The van der Waals surface area contributed by atoms with Crippen molar-refractivity contribution in [1.82, 2.24) is 0 Å². The molecule has 0 heterocycles. The minimum atomic E-state index is -0.234. The van der Waals surface area contributed by atoms with Crippen molar-refractivity contribution in [2.75, 3.05) is 13.2 Å². The van der Waals surface area contributed by atoms with Gasteiger partial charge in [0.15, 0.2) is 6.54 Å². The van der Waals surface area contributed by atoms with Crippen molar-refractivity contribution in [1.29, 1.82) is 0 Å². The molecule has 0 amide bonds. The molecule has 0 spiro atoms. The third-order valence-corrected chi connectivity index (χ3v) is 0.509. The summed E-state index contributed by atoms with van der Waals surface area (Å²) in [6, 6.07) is 0. The molecule has 0 rings (SSSR count). The van der Waals surface area contributed by atoms with Crippen LogP contribution >= 0.6 is 0 Å². The number of hydrogen-bond donors (Lipinski definition) is 1. The number of carbonyl (C=O) groups excluding carboxylic acids is 1. The van der Waals surface area contributed by atoms with Gasteiger partial charge in [-0.15, -0.1) is 0 Å². The van der Waals surface area contributed by atoms with Crippen molar-refractivity contribution in [2.45, 2.75) is 20.8 Å². The first-order chi connectivity index (χ1) is 4.31. The molecule has 9 heavy (non-hydrogen) atoms. The Labute approximate surface area is 56.2 Å². The van der Waals surface area contributed by atoms with Gasteiger partial charge in [-0.1, -0.05) is 13.8 Å². The highest BCUT2D eigenvalue weighted by molar-refractivity contribution is 5.69. The van der Waals surface area contributed by atoms with E-state index in [-0.39, 0.29) is 12.5 Å². The maximum Gasteiger partial charge on any atom is 0.361 e. The van der Waals surface area contributed by atoms with E-state index in [0.717, 1.165) is 0 Å². The summed E-state index contributed by atoms with van der Waals surface area (Å²) in [5.41, 5.74) is 3.33. The number of esters is 1. The van der Waals surface area contributed by atoms with Gasteiger partial charge >= 0.3 is 5.97 Å². The minimum Gasteiger partial charge on any atom is -0.462 e. The molecule has 3 N–H and O–H groups in total. The SMILES string of the molecule is CC.CCOC(=O)C[NH3+]. The fourth-order valence-electron chi connectivity index (χ4n) is 0.233. The zero-order valence-electron chi connectivity index (χ0n) is 6.44. The molecule has 0 radical (unpaired) electrons. The number of quaternary nitrogens is 1. The van der Waals surface area contributed by atoms with E-state index in [1.54, 1.807) is 6.92 Å². The third-order valence-electron chi connectivity index (χ3n) is 0.509. The van der Waals surface area contributed by atoms with Crippen LogP contribution in [0.3, 0.4) is 0 Å². The van der Waals surface area contributed by atoms with E-state index in [1.165, 1.54) is 0 Å². The maximum absolute atomic E-state index is 10.1. The lowest BCUT2D eigenvalue weighted by Gasteiger charge is -1.92. The average Bonchev–Trinajstić information content (AvgIpc) is 1.93. The average molecular weight is 134 g/mol. The van der Waals surface area contributed by atoms with Gasteiger partial charge in [0.2, 0.25) is 0 Å². The van der Waals surface area contributed by atoms with Crippen molar-refractivity contribution in [2.24, 2.45) is 0 Å². The second-order valence-electron chi connectivity index (χ2n) is 1.06. The van der Waals surface area contributed by atoms with Crippen molar-refractivity contribution < 1.29 is 15.3 Å². The van der Waals surface area contributed by atoms with Gasteiger partial charge in [-0.05, 0) is 6.92 Å². The summed E-state index contributed by atoms with van der Waals surface area (Å²) in [5.74, 6) is -0.234. The number of rotatable bonds is 2. The molecule has 56 valence electrons. The van der Waals surface area contributed by atoms with E-state index in [0.29, 0.717) is 6.61 Å². The first kappa shape index (κ1) is 11.3. The molecule has 0 aromatic carbocycles. The second-order valence-corrected chi connectivity index (χ2v) is 1.06. The van der Waals surface area contributed by atoms with Crippen LogP contribution in [0.15, 0.2) is 0 Å². The second kappa shape index (κ2) is 10.4. The largest absolute Gasteiger partial charge is 0.462 e. The fourth-order valence-corrected chi connectivity index (χ4v) is 0.233. The van der Waals surface area contributed by atoms with Gasteiger partial charge in [-0.2, -0.15) is 0 Å². The summed E-state index contributed by atoms with van der Waals surface area (Å²) >= 11 is 0. The Morgan fingerprint density at radius 2 is 2.00 bits per heavy atom. The highest BCUT2D eigenvalue weighted by atomic mass is 16.5. The van der Waals surface area contributed by atoms with E-state index in [9.17, 15) is 4.79 Å². The van der Waals surface area contributed by atoms with Gasteiger partial charge in [0.1, 0.15) is 0 Å². The molecule has 0 atom stereocenters. The first-order valence-electron chi connectivity index (χ1n) is 3.26.